The molecular formula is C13H14Cl2O3. The number of carbonyl (C=O) groups is 1. The minimum Gasteiger partial charge on any atom is -0.485 e. The number of rotatable bonds is 4. The monoisotopic (exact) mass is 288 g/mol. The molecule has 0 aromatic heterocycles. The first-order chi connectivity index (χ1) is 8.56. The van der Waals surface area contributed by atoms with Crippen molar-refractivity contribution in [3.05, 3.63) is 28.2 Å². The fourth-order valence-corrected chi connectivity index (χ4v) is 2.35. The minimum atomic E-state index is -0.485. The van der Waals surface area contributed by atoms with Crippen LogP contribution in [0.1, 0.15) is 25.7 Å². The van der Waals surface area contributed by atoms with Gasteiger partial charge in [0.25, 0.3) is 0 Å². The number of esters is 1. The quantitative estimate of drug-likeness (QED) is 0.790. The molecule has 1 aromatic carbocycles. The van der Waals surface area contributed by atoms with E-state index in [0.717, 1.165) is 19.3 Å². The molecule has 1 fully saturated rings. The summed E-state index contributed by atoms with van der Waals surface area (Å²) in [5.41, 5.74) is -0.485. The summed E-state index contributed by atoms with van der Waals surface area (Å²) in [5.74, 6) is 0.251. The van der Waals surface area contributed by atoms with Crippen LogP contribution in [0.3, 0.4) is 0 Å². The van der Waals surface area contributed by atoms with Gasteiger partial charge in [-0.2, -0.15) is 0 Å². The van der Waals surface area contributed by atoms with Gasteiger partial charge in [0.15, 0.2) is 0 Å². The van der Waals surface area contributed by atoms with E-state index in [1.54, 1.807) is 18.2 Å². The Hall–Kier alpha value is -0.930. The third-order valence-corrected chi connectivity index (χ3v) is 4.00. The Kier molecular flexibility index (Phi) is 4.03. The van der Waals surface area contributed by atoms with Crippen LogP contribution >= 0.6 is 23.2 Å². The van der Waals surface area contributed by atoms with Crippen molar-refractivity contribution in [3.8, 4) is 5.75 Å². The maximum Gasteiger partial charge on any atom is 0.309 e. The van der Waals surface area contributed by atoms with Gasteiger partial charge in [-0.3, -0.25) is 4.79 Å². The van der Waals surface area contributed by atoms with Crippen LogP contribution < -0.4 is 4.74 Å². The largest absolute Gasteiger partial charge is 0.485 e. The van der Waals surface area contributed by atoms with Gasteiger partial charge in [0, 0.05) is 0 Å². The predicted molar refractivity (Wildman–Crippen MR) is 70.3 cm³/mol. The Bertz CT molecular complexity index is 456. The van der Waals surface area contributed by atoms with Crippen molar-refractivity contribution in [2.75, 3.05) is 7.11 Å². The molecule has 0 spiro atoms. The van der Waals surface area contributed by atoms with Crippen molar-refractivity contribution >= 4 is 29.2 Å². The van der Waals surface area contributed by atoms with E-state index in [0.29, 0.717) is 15.8 Å². The standard InChI is InChI=1S/C13H14Cl2O3/c1-17-11(16)8-13(6-3-7-13)18-10-5-2-4-9(14)12(10)15/h2,4-5H,3,6-8H2,1H3. The molecule has 0 N–H and O–H groups in total. The summed E-state index contributed by atoms with van der Waals surface area (Å²) in [6, 6.07) is 5.23. The minimum absolute atomic E-state index is 0.242. The van der Waals surface area contributed by atoms with Gasteiger partial charge in [0.2, 0.25) is 0 Å². The molecule has 0 heterocycles. The smallest absolute Gasteiger partial charge is 0.309 e. The van der Waals surface area contributed by atoms with E-state index < -0.39 is 5.60 Å². The van der Waals surface area contributed by atoms with E-state index in [2.05, 4.69) is 0 Å². The van der Waals surface area contributed by atoms with Crippen molar-refractivity contribution in [3.63, 3.8) is 0 Å². The number of hydrogen-bond donors (Lipinski definition) is 0. The van der Waals surface area contributed by atoms with Crippen molar-refractivity contribution < 1.29 is 14.3 Å². The first kappa shape index (κ1) is 13.5. The molecule has 1 aliphatic carbocycles. The molecule has 0 radical (unpaired) electrons. The lowest BCUT2D eigenvalue weighted by atomic mass is 9.77. The molecule has 0 saturated heterocycles. The Morgan fingerprint density at radius 1 is 1.39 bits per heavy atom. The van der Waals surface area contributed by atoms with Crippen LogP contribution in [0.25, 0.3) is 0 Å². The molecule has 0 unspecified atom stereocenters. The fourth-order valence-electron chi connectivity index (χ4n) is 2.02. The van der Waals surface area contributed by atoms with Crippen molar-refractivity contribution in [2.45, 2.75) is 31.3 Å². The van der Waals surface area contributed by atoms with Crippen molar-refractivity contribution in [1.82, 2.24) is 0 Å². The van der Waals surface area contributed by atoms with E-state index >= 15 is 0 Å². The highest BCUT2D eigenvalue weighted by Crippen LogP contribution is 2.42. The Labute approximate surface area is 116 Å². The second kappa shape index (κ2) is 5.37. The molecule has 0 amide bonds. The summed E-state index contributed by atoms with van der Waals surface area (Å²) in [4.78, 5) is 11.4. The van der Waals surface area contributed by atoms with Crippen LogP contribution in [-0.4, -0.2) is 18.7 Å². The average Bonchev–Trinajstić information content (AvgIpc) is 2.31. The zero-order valence-corrected chi connectivity index (χ0v) is 11.6. The van der Waals surface area contributed by atoms with E-state index in [9.17, 15) is 4.79 Å². The van der Waals surface area contributed by atoms with Crippen LogP contribution in [0.4, 0.5) is 0 Å². The van der Waals surface area contributed by atoms with E-state index in [1.165, 1.54) is 7.11 Å². The lowest BCUT2D eigenvalue weighted by Gasteiger charge is -2.41. The third-order valence-electron chi connectivity index (χ3n) is 3.20. The molecular weight excluding hydrogens is 275 g/mol. The first-order valence-electron chi connectivity index (χ1n) is 5.76. The number of carbonyl (C=O) groups excluding carboxylic acids is 1. The molecule has 5 heteroatoms. The highest BCUT2D eigenvalue weighted by Gasteiger charge is 2.42. The lowest BCUT2D eigenvalue weighted by Crippen LogP contribution is -2.45. The third kappa shape index (κ3) is 2.73. The maximum atomic E-state index is 11.4. The summed E-state index contributed by atoms with van der Waals surface area (Å²) >= 11 is 12.0. The maximum absolute atomic E-state index is 11.4. The van der Waals surface area contributed by atoms with Crippen LogP contribution in [0.2, 0.25) is 10.0 Å². The summed E-state index contributed by atoms with van der Waals surface area (Å²) in [5, 5.41) is 0.831. The summed E-state index contributed by atoms with van der Waals surface area (Å²) in [7, 11) is 1.38. The molecule has 0 atom stereocenters. The second-order valence-corrected chi connectivity index (χ2v) is 5.23. The first-order valence-corrected chi connectivity index (χ1v) is 6.52. The van der Waals surface area contributed by atoms with Crippen molar-refractivity contribution in [2.24, 2.45) is 0 Å². The van der Waals surface area contributed by atoms with Crippen LogP contribution in [-0.2, 0) is 9.53 Å². The van der Waals surface area contributed by atoms with Gasteiger partial charge in [0.1, 0.15) is 16.4 Å². The summed E-state index contributed by atoms with van der Waals surface area (Å²) in [6.45, 7) is 0. The summed E-state index contributed by atoms with van der Waals surface area (Å²) < 4.78 is 10.6. The van der Waals surface area contributed by atoms with Gasteiger partial charge >= 0.3 is 5.97 Å². The van der Waals surface area contributed by atoms with Crippen LogP contribution in [0.15, 0.2) is 18.2 Å². The number of hydrogen-bond acceptors (Lipinski definition) is 3. The number of methoxy groups -OCH3 is 1. The highest BCUT2D eigenvalue weighted by molar-refractivity contribution is 6.42. The Morgan fingerprint density at radius 2 is 2.11 bits per heavy atom. The number of halogens is 2. The number of ether oxygens (including phenoxy) is 2. The van der Waals surface area contributed by atoms with Gasteiger partial charge in [-0.1, -0.05) is 29.3 Å². The van der Waals surface area contributed by atoms with Crippen LogP contribution in [0, 0.1) is 0 Å². The van der Waals surface area contributed by atoms with E-state index in [-0.39, 0.29) is 12.4 Å². The average molecular weight is 289 g/mol. The van der Waals surface area contributed by atoms with Gasteiger partial charge < -0.3 is 9.47 Å². The van der Waals surface area contributed by atoms with Gasteiger partial charge in [-0.05, 0) is 31.4 Å². The molecule has 2 rings (SSSR count). The second-order valence-electron chi connectivity index (χ2n) is 4.44. The zero-order valence-electron chi connectivity index (χ0n) is 10.0. The predicted octanol–water partition coefficient (Wildman–Crippen LogP) is 3.86. The Balaban J connectivity index is 2.15. The van der Waals surface area contributed by atoms with E-state index in [4.69, 9.17) is 32.7 Å². The molecule has 1 saturated carbocycles. The summed E-state index contributed by atoms with van der Waals surface area (Å²) in [6.07, 6.45) is 2.93. The Morgan fingerprint density at radius 3 is 2.67 bits per heavy atom. The molecule has 1 aliphatic rings. The lowest BCUT2D eigenvalue weighted by molar-refractivity contribution is -0.148. The molecule has 1 aromatic rings. The molecule has 3 nitrogen and oxygen atoms in total. The fraction of sp³-hybridized carbons (Fsp3) is 0.462. The number of benzene rings is 1. The van der Waals surface area contributed by atoms with Gasteiger partial charge in [-0.15, -0.1) is 0 Å². The van der Waals surface area contributed by atoms with Crippen LogP contribution in [0.5, 0.6) is 5.75 Å². The van der Waals surface area contributed by atoms with Crippen molar-refractivity contribution in [1.29, 1.82) is 0 Å². The topological polar surface area (TPSA) is 35.5 Å². The van der Waals surface area contributed by atoms with Gasteiger partial charge in [-0.25, -0.2) is 0 Å². The zero-order chi connectivity index (χ0) is 13.2. The highest BCUT2D eigenvalue weighted by atomic mass is 35.5. The van der Waals surface area contributed by atoms with E-state index in [1.807, 2.05) is 0 Å². The van der Waals surface area contributed by atoms with Gasteiger partial charge in [0.05, 0.1) is 18.6 Å². The molecule has 0 bridgehead atoms. The molecule has 98 valence electrons. The SMILES string of the molecule is COC(=O)CC1(Oc2cccc(Cl)c2Cl)CCC1. The normalized spacial score (nSPS) is 16.8. The molecule has 0 aliphatic heterocycles. The molecule has 18 heavy (non-hydrogen) atoms.